The van der Waals surface area contributed by atoms with Crippen molar-refractivity contribution < 1.29 is 4.79 Å². The normalized spacial score (nSPS) is 14.1. The maximum atomic E-state index is 12.5. The van der Waals surface area contributed by atoms with E-state index in [1.54, 1.807) is 18.2 Å². The number of rotatable bonds is 3. The minimum atomic E-state index is -0.282. The zero-order valence-corrected chi connectivity index (χ0v) is 12.4. The first-order chi connectivity index (χ1) is 10.7. The third-order valence-corrected chi connectivity index (χ3v) is 4.08. The van der Waals surface area contributed by atoms with Crippen LogP contribution in [0.25, 0.3) is 0 Å². The first-order valence-electron chi connectivity index (χ1n) is 7.35. The Bertz CT molecular complexity index is 748. The van der Waals surface area contributed by atoms with Gasteiger partial charge in [0.1, 0.15) is 12.1 Å². The summed E-state index contributed by atoms with van der Waals surface area (Å²) >= 11 is 0. The molecule has 1 aliphatic heterocycles. The van der Waals surface area contributed by atoms with E-state index in [0.717, 1.165) is 18.7 Å². The summed E-state index contributed by atoms with van der Waals surface area (Å²) in [6.07, 6.45) is 0.961. The third kappa shape index (κ3) is 2.53. The molecule has 0 unspecified atom stereocenters. The maximum absolute atomic E-state index is 12.5. The van der Waals surface area contributed by atoms with Crippen molar-refractivity contribution >= 4 is 17.3 Å². The lowest BCUT2D eigenvalue weighted by molar-refractivity contribution is -0.117. The monoisotopic (exact) mass is 291 g/mol. The van der Waals surface area contributed by atoms with Crippen LogP contribution < -0.4 is 10.2 Å². The van der Waals surface area contributed by atoms with Crippen molar-refractivity contribution in [1.29, 1.82) is 5.26 Å². The zero-order chi connectivity index (χ0) is 15.5. The quantitative estimate of drug-likeness (QED) is 0.946. The van der Waals surface area contributed by atoms with Crippen LogP contribution in [0.3, 0.4) is 0 Å². The van der Waals surface area contributed by atoms with E-state index in [1.807, 2.05) is 25.1 Å². The lowest BCUT2D eigenvalue weighted by Gasteiger charge is -2.26. The van der Waals surface area contributed by atoms with Gasteiger partial charge in [0.25, 0.3) is 0 Å². The third-order valence-electron chi connectivity index (χ3n) is 4.08. The highest BCUT2D eigenvalue weighted by Crippen LogP contribution is 2.29. The lowest BCUT2D eigenvalue weighted by atomic mass is 10.1. The van der Waals surface area contributed by atoms with Crippen LogP contribution in [0.1, 0.15) is 18.1 Å². The molecule has 0 saturated heterocycles. The van der Waals surface area contributed by atoms with Gasteiger partial charge in [-0.1, -0.05) is 30.3 Å². The van der Waals surface area contributed by atoms with Crippen molar-refractivity contribution in [2.75, 3.05) is 16.8 Å². The number of benzene rings is 2. The molecule has 4 nitrogen and oxygen atoms in total. The number of fused-ring (bicyclic) bond motifs is 1. The molecule has 2 aromatic rings. The molecule has 0 saturated carbocycles. The summed E-state index contributed by atoms with van der Waals surface area (Å²) in [4.78, 5) is 14.6. The molecule has 0 aromatic heterocycles. The molecule has 0 spiro atoms. The number of carbonyl (C=O) groups excluding carboxylic acids is 1. The summed E-state index contributed by atoms with van der Waals surface area (Å²) < 4.78 is 0. The van der Waals surface area contributed by atoms with Crippen LogP contribution in [0.15, 0.2) is 48.5 Å². The number of amides is 1. The summed E-state index contributed by atoms with van der Waals surface area (Å²) in [6.45, 7) is 2.74. The summed E-state index contributed by atoms with van der Waals surface area (Å²) in [5, 5.41) is 12.0. The Labute approximate surface area is 130 Å². The summed E-state index contributed by atoms with van der Waals surface area (Å²) in [5.41, 5.74) is 3.44. The molecule has 1 N–H and O–H groups in total. The van der Waals surface area contributed by atoms with Crippen LogP contribution in [0, 0.1) is 11.3 Å². The summed E-state index contributed by atoms with van der Waals surface area (Å²) in [7, 11) is 0. The predicted octanol–water partition coefficient (Wildman–Crippen LogP) is 2.95. The Morgan fingerprint density at radius 3 is 2.77 bits per heavy atom. The van der Waals surface area contributed by atoms with E-state index in [1.165, 1.54) is 5.56 Å². The molecule has 1 aliphatic rings. The Morgan fingerprint density at radius 1 is 1.23 bits per heavy atom. The highest BCUT2D eigenvalue weighted by atomic mass is 16.2. The molecule has 4 heteroatoms. The molecule has 22 heavy (non-hydrogen) atoms. The number of para-hydroxylation sites is 2. The Kier molecular flexibility index (Phi) is 3.80. The van der Waals surface area contributed by atoms with Crippen LogP contribution in [-0.4, -0.2) is 18.5 Å². The van der Waals surface area contributed by atoms with Gasteiger partial charge in [0.2, 0.25) is 5.91 Å². The standard InChI is InChI=1S/C18H17N3O/c1-13(21-11-10-14-6-3-5-9-17(14)21)18(22)20-16-8-4-2-7-15(16)12-19/h2-9,13H,10-11H2,1H3,(H,20,22)/t13-/m0/s1. The topological polar surface area (TPSA) is 56.1 Å². The van der Waals surface area contributed by atoms with Gasteiger partial charge in [0, 0.05) is 12.2 Å². The van der Waals surface area contributed by atoms with Gasteiger partial charge in [-0.25, -0.2) is 0 Å². The first kappa shape index (κ1) is 14.2. The number of hydrogen-bond donors (Lipinski definition) is 1. The van der Waals surface area contributed by atoms with Crippen molar-refractivity contribution in [3.8, 4) is 6.07 Å². The van der Waals surface area contributed by atoms with E-state index < -0.39 is 0 Å². The lowest BCUT2D eigenvalue weighted by Crippen LogP contribution is -2.41. The fraction of sp³-hybridized carbons (Fsp3) is 0.222. The van der Waals surface area contributed by atoms with E-state index in [2.05, 4.69) is 28.4 Å². The van der Waals surface area contributed by atoms with Gasteiger partial charge in [0.15, 0.2) is 0 Å². The molecule has 2 aromatic carbocycles. The van der Waals surface area contributed by atoms with Gasteiger partial charge in [-0.2, -0.15) is 5.26 Å². The van der Waals surface area contributed by atoms with Gasteiger partial charge in [0.05, 0.1) is 11.3 Å². The molecule has 0 bridgehead atoms. The second-order valence-electron chi connectivity index (χ2n) is 5.39. The van der Waals surface area contributed by atoms with Gasteiger partial charge in [-0.3, -0.25) is 4.79 Å². The molecule has 110 valence electrons. The molecule has 0 radical (unpaired) electrons. The fourth-order valence-corrected chi connectivity index (χ4v) is 2.83. The van der Waals surface area contributed by atoms with Gasteiger partial charge >= 0.3 is 0 Å². The largest absolute Gasteiger partial charge is 0.359 e. The maximum Gasteiger partial charge on any atom is 0.246 e. The van der Waals surface area contributed by atoms with Crippen LogP contribution in [0.5, 0.6) is 0 Å². The smallest absolute Gasteiger partial charge is 0.246 e. The van der Waals surface area contributed by atoms with E-state index in [0.29, 0.717) is 11.3 Å². The molecule has 0 aliphatic carbocycles. The van der Waals surface area contributed by atoms with Crippen molar-refractivity contribution in [2.45, 2.75) is 19.4 Å². The zero-order valence-electron chi connectivity index (χ0n) is 12.4. The van der Waals surface area contributed by atoms with Crippen molar-refractivity contribution in [2.24, 2.45) is 0 Å². The predicted molar refractivity (Wildman–Crippen MR) is 86.7 cm³/mol. The number of hydrogen-bond acceptors (Lipinski definition) is 3. The Balaban J connectivity index is 1.78. The summed E-state index contributed by atoms with van der Waals surface area (Å²) in [5.74, 6) is -0.0978. The molecule has 1 heterocycles. The Hall–Kier alpha value is -2.80. The minimum absolute atomic E-state index is 0.0978. The Morgan fingerprint density at radius 2 is 1.95 bits per heavy atom. The van der Waals surface area contributed by atoms with E-state index >= 15 is 0 Å². The average Bonchev–Trinajstić information content (AvgIpc) is 2.98. The minimum Gasteiger partial charge on any atom is -0.359 e. The van der Waals surface area contributed by atoms with Crippen LogP contribution in [0.4, 0.5) is 11.4 Å². The number of anilines is 2. The molecular formula is C18H17N3O. The average molecular weight is 291 g/mol. The second-order valence-corrected chi connectivity index (χ2v) is 5.39. The highest BCUT2D eigenvalue weighted by Gasteiger charge is 2.27. The SMILES string of the molecule is C[C@@H](C(=O)Nc1ccccc1C#N)N1CCc2ccccc21. The number of nitrogens with one attached hydrogen (secondary N) is 1. The van der Waals surface area contributed by atoms with Crippen molar-refractivity contribution in [3.63, 3.8) is 0 Å². The van der Waals surface area contributed by atoms with E-state index in [9.17, 15) is 4.79 Å². The van der Waals surface area contributed by atoms with E-state index in [4.69, 9.17) is 5.26 Å². The van der Waals surface area contributed by atoms with Crippen molar-refractivity contribution in [1.82, 2.24) is 0 Å². The first-order valence-corrected chi connectivity index (χ1v) is 7.35. The molecule has 3 rings (SSSR count). The van der Waals surface area contributed by atoms with Crippen molar-refractivity contribution in [3.05, 3.63) is 59.7 Å². The molecule has 1 amide bonds. The summed E-state index contributed by atoms with van der Waals surface area (Å²) in [6, 6.07) is 17.0. The molecule has 1 atom stereocenters. The fourth-order valence-electron chi connectivity index (χ4n) is 2.83. The number of nitriles is 1. The van der Waals surface area contributed by atoms with Gasteiger partial charge in [-0.05, 0) is 37.1 Å². The number of nitrogens with zero attached hydrogens (tertiary/aromatic N) is 2. The highest BCUT2D eigenvalue weighted by molar-refractivity contribution is 5.97. The molecule has 0 fully saturated rings. The van der Waals surface area contributed by atoms with Gasteiger partial charge in [-0.15, -0.1) is 0 Å². The van der Waals surface area contributed by atoms with Gasteiger partial charge < -0.3 is 10.2 Å². The second kappa shape index (κ2) is 5.90. The van der Waals surface area contributed by atoms with Crippen LogP contribution >= 0.6 is 0 Å². The van der Waals surface area contributed by atoms with Crippen LogP contribution in [-0.2, 0) is 11.2 Å². The molecular weight excluding hydrogens is 274 g/mol. The number of carbonyl (C=O) groups is 1. The van der Waals surface area contributed by atoms with E-state index in [-0.39, 0.29) is 11.9 Å². The van der Waals surface area contributed by atoms with Crippen LogP contribution in [0.2, 0.25) is 0 Å².